The number of hydrogen-bond donors (Lipinski definition) is 0. The lowest BCUT2D eigenvalue weighted by molar-refractivity contribution is 0.607. The van der Waals surface area contributed by atoms with E-state index in [0.717, 1.165) is 10.8 Å². The summed E-state index contributed by atoms with van der Waals surface area (Å²) in [5.74, 6) is 0. The summed E-state index contributed by atoms with van der Waals surface area (Å²) >= 11 is 17.3. The highest BCUT2D eigenvalue weighted by atomic mass is 35.5. The molecule has 0 amide bonds. The van der Waals surface area contributed by atoms with Crippen LogP contribution in [0.4, 0.5) is 0 Å². The zero-order chi connectivity index (χ0) is 46.6. The lowest BCUT2D eigenvalue weighted by atomic mass is 10.0. The molecule has 5 aromatic heterocycles. The molecule has 5 aromatic rings. The average Bonchev–Trinajstić information content (AvgIpc) is 4.18. The molecular weight excluding hydrogens is 916 g/mol. The van der Waals surface area contributed by atoms with Crippen LogP contribution in [-0.2, 0) is 32.1 Å². The first-order valence-electron chi connectivity index (χ1n) is 27.7. The molecule has 0 aliphatic carbocycles. The minimum Gasteiger partial charge on any atom is -0.143 e. The standard InChI is InChI=1S/C60H91ClS5/c1-6-11-16-21-26-31-36-47-41-42-62-56(47)52-43-48(37-32-27-22-17-12-7-2)57(63-52)53-44-49(38-33-28-23-18-13-8-3)58(64-53)54-45-50(39-34-29-24-19-14-9-4)59(65-54)55-46-51(60(61)66-55)40-35-30-25-20-15-10-5/h41-46H,6-40H2,1-5H3. The summed E-state index contributed by atoms with van der Waals surface area (Å²) in [4.78, 5) is 12.1. The summed E-state index contributed by atoms with van der Waals surface area (Å²) in [6.45, 7) is 11.6. The molecule has 0 spiro atoms. The van der Waals surface area contributed by atoms with Gasteiger partial charge < -0.3 is 0 Å². The molecule has 0 N–H and O–H groups in total. The highest BCUT2D eigenvalue weighted by Gasteiger charge is 2.23. The van der Waals surface area contributed by atoms with Crippen molar-refractivity contribution in [2.24, 2.45) is 0 Å². The third-order valence-corrected chi connectivity index (χ3v) is 20.5. The number of halogens is 1. The van der Waals surface area contributed by atoms with Crippen molar-refractivity contribution in [2.75, 3.05) is 0 Å². The predicted octanol–water partition coefficient (Wildman–Crippen LogP) is 23.8. The highest BCUT2D eigenvalue weighted by molar-refractivity contribution is 7.30. The van der Waals surface area contributed by atoms with Crippen LogP contribution in [0.2, 0.25) is 4.34 Å². The fourth-order valence-corrected chi connectivity index (χ4v) is 16.2. The fraction of sp³-hybridized carbons (Fsp3) is 0.667. The number of hydrogen-bond acceptors (Lipinski definition) is 5. The molecule has 0 aromatic carbocycles. The molecule has 0 radical (unpaired) electrons. The van der Waals surface area contributed by atoms with E-state index in [-0.39, 0.29) is 0 Å². The van der Waals surface area contributed by atoms with E-state index in [4.69, 9.17) is 11.6 Å². The maximum atomic E-state index is 7.11. The molecule has 5 heterocycles. The largest absolute Gasteiger partial charge is 0.143 e. The molecule has 0 fully saturated rings. The van der Waals surface area contributed by atoms with Crippen molar-refractivity contribution < 1.29 is 0 Å². The Labute approximate surface area is 431 Å². The van der Waals surface area contributed by atoms with Crippen molar-refractivity contribution in [3.8, 4) is 39.0 Å². The SMILES string of the molecule is CCCCCCCCc1cc(-c2sc(-c3sc(-c4sc(-c5sccc5CCCCCCCC)cc4CCCCCCCC)cc3CCCCCCCC)cc2CCCCCCCC)sc1Cl. The van der Waals surface area contributed by atoms with Crippen molar-refractivity contribution in [1.29, 1.82) is 0 Å². The van der Waals surface area contributed by atoms with Gasteiger partial charge in [0, 0.05) is 39.0 Å². The van der Waals surface area contributed by atoms with E-state index in [1.54, 1.807) is 36.9 Å². The van der Waals surface area contributed by atoms with Crippen molar-refractivity contribution >= 4 is 68.3 Å². The van der Waals surface area contributed by atoms with Crippen LogP contribution in [-0.4, -0.2) is 0 Å². The van der Waals surface area contributed by atoms with E-state index in [9.17, 15) is 0 Å². The fourth-order valence-electron chi connectivity index (χ4n) is 9.72. The van der Waals surface area contributed by atoms with Gasteiger partial charge in [0.2, 0.25) is 0 Å². The van der Waals surface area contributed by atoms with Gasteiger partial charge in [0.15, 0.2) is 0 Å². The predicted molar refractivity (Wildman–Crippen MR) is 308 cm³/mol. The van der Waals surface area contributed by atoms with E-state index in [2.05, 4.69) is 104 Å². The zero-order valence-corrected chi connectivity index (χ0v) is 47.5. The summed E-state index contributed by atoms with van der Waals surface area (Å²) in [6.07, 6.45) is 46.1. The Hall–Kier alpha value is -1.21. The van der Waals surface area contributed by atoms with Gasteiger partial charge in [0.05, 0.1) is 4.34 Å². The average molecular weight is 1010 g/mol. The van der Waals surface area contributed by atoms with Gasteiger partial charge in [-0.05, 0) is 128 Å². The monoisotopic (exact) mass is 1010 g/mol. The summed E-state index contributed by atoms with van der Waals surface area (Å²) < 4.78 is 1.02. The van der Waals surface area contributed by atoms with E-state index >= 15 is 0 Å². The number of thiophene rings is 5. The van der Waals surface area contributed by atoms with Gasteiger partial charge in [0.1, 0.15) is 0 Å². The second-order valence-electron chi connectivity index (χ2n) is 19.7. The van der Waals surface area contributed by atoms with Crippen molar-refractivity contribution in [2.45, 2.75) is 259 Å². The Balaban J connectivity index is 1.49. The van der Waals surface area contributed by atoms with Crippen molar-refractivity contribution in [1.82, 2.24) is 0 Å². The van der Waals surface area contributed by atoms with E-state index in [1.807, 2.05) is 22.7 Å². The van der Waals surface area contributed by atoms with Crippen LogP contribution >= 0.6 is 68.3 Å². The number of aryl methyl sites for hydroxylation is 5. The molecule has 0 saturated carbocycles. The Morgan fingerprint density at radius 3 is 0.939 bits per heavy atom. The van der Waals surface area contributed by atoms with Crippen LogP contribution in [0.3, 0.4) is 0 Å². The first kappa shape index (κ1) is 55.7. The summed E-state index contributed by atoms with van der Waals surface area (Å²) in [5, 5.41) is 2.37. The smallest absolute Gasteiger partial charge is 0.0967 e. The first-order chi connectivity index (χ1) is 32.5. The van der Waals surface area contributed by atoms with Crippen LogP contribution in [0.5, 0.6) is 0 Å². The molecule has 368 valence electrons. The van der Waals surface area contributed by atoms with Gasteiger partial charge in [-0.2, -0.15) is 0 Å². The zero-order valence-electron chi connectivity index (χ0n) is 42.6. The lowest BCUT2D eigenvalue weighted by Crippen LogP contribution is -1.87. The summed E-state index contributed by atoms with van der Waals surface area (Å²) in [5.41, 5.74) is 7.72. The van der Waals surface area contributed by atoms with Gasteiger partial charge in [-0.3, -0.25) is 0 Å². The van der Waals surface area contributed by atoms with E-state index in [1.165, 1.54) is 248 Å². The Morgan fingerprint density at radius 1 is 0.303 bits per heavy atom. The molecular formula is C60H91ClS5. The highest BCUT2D eigenvalue weighted by Crippen LogP contribution is 2.51. The maximum absolute atomic E-state index is 7.11. The molecule has 0 nitrogen and oxygen atoms in total. The van der Waals surface area contributed by atoms with Gasteiger partial charge in [-0.15, -0.1) is 56.7 Å². The molecule has 0 aliphatic heterocycles. The van der Waals surface area contributed by atoms with Gasteiger partial charge in [0.25, 0.3) is 0 Å². The first-order valence-corrected chi connectivity index (χ1v) is 32.3. The second kappa shape index (κ2) is 33.4. The topological polar surface area (TPSA) is 0 Å². The summed E-state index contributed by atoms with van der Waals surface area (Å²) in [7, 11) is 0. The Bertz CT molecular complexity index is 2000. The molecule has 5 rings (SSSR count). The van der Waals surface area contributed by atoms with Crippen LogP contribution in [0, 0.1) is 0 Å². The van der Waals surface area contributed by atoms with Gasteiger partial charge >= 0.3 is 0 Å². The Kier molecular flexibility index (Phi) is 28.2. The van der Waals surface area contributed by atoms with Gasteiger partial charge in [-0.1, -0.05) is 207 Å². The molecule has 0 aliphatic rings. The third kappa shape index (κ3) is 18.8. The third-order valence-electron chi connectivity index (χ3n) is 13.8. The minimum absolute atomic E-state index is 1.02. The maximum Gasteiger partial charge on any atom is 0.0967 e. The van der Waals surface area contributed by atoms with E-state index in [0.29, 0.717) is 0 Å². The second-order valence-corrected chi connectivity index (χ2v) is 25.4. The van der Waals surface area contributed by atoms with Crippen LogP contribution in [0.15, 0.2) is 35.7 Å². The number of rotatable bonds is 39. The van der Waals surface area contributed by atoms with Crippen LogP contribution < -0.4 is 0 Å². The van der Waals surface area contributed by atoms with Crippen molar-refractivity contribution in [3.63, 3.8) is 0 Å². The normalized spacial score (nSPS) is 11.8. The quantitative estimate of drug-likeness (QED) is 0.0344. The van der Waals surface area contributed by atoms with Gasteiger partial charge in [-0.25, -0.2) is 0 Å². The molecule has 0 saturated heterocycles. The molecule has 6 heteroatoms. The molecule has 0 unspecified atom stereocenters. The Morgan fingerprint density at radius 2 is 0.576 bits per heavy atom. The van der Waals surface area contributed by atoms with Crippen molar-refractivity contribution in [3.05, 3.63) is 67.9 Å². The number of unbranched alkanes of at least 4 members (excludes halogenated alkanes) is 25. The lowest BCUT2D eigenvalue weighted by Gasteiger charge is -2.03. The molecule has 66 heavy (non-hydrogen) atoms. The minimum atomic E-state index is 1.02. The summed E-state index contributed by atoms with van der Waals surface area (Å²) in [6, 6.07) is 12.9. The molecule has 0 atom stereocenters. The van der Waals surface area contributed by atoms with Crippen LogP contribution in [0.25, 0.3) is 39.0 Å². The molecule has 0 bridgehead atoms. The van der Waals surface area contributed by atoms with Crippen LogP contribution in [0.1, 0.15) is 255 Å². The van der Waals surface area contributed by atoms with E-state index < -0.39 is 0 Å².